The third-order valence-electron chi connectivity index (χ3n) is 5.19. The number of H-pyrrole nitrogens is 1. The summed E-state index contributed by atoms with van der Waals surface area (Å²) in [7, 11) is -0.576. The molecule has 146 valence electrons. The van der Waals surface area contributed by atoms with E-state index in [0.717, 1.165) is 4.74 Å². The summed E-state index contributed by atoms with van der Waals surface area (Å²) >= 11 is 0. The summed E-state index contributed by atoms with van der Waals surface area (Å²) in [5.74, 6) is 0. The highest BCUT2D eigenvalue weighted by Crippen LogP contribution is 2.40. The lowest BCUT2D eigenvalue weighted by atomic mass is 10.2. The Bertz CT molecular complexity index is 802. The van der Waals surface area contributed by atoms with E-state index in [1.165, 1.54) is 24.0 Å². The molecular formula is C17H30N3O5Si+. The van der Waals surface area contributed by atoms with Crippen LogP contribution < -0.4 is 11.2 Å². The molecule has 1 aliphatic heterocycles. The van der Waals surface area contributed by atoms with E-state index in [2.05, 4.69) is 38.8 Å². The SMILES string of the molecule is Cc1cn(C2CC(O[Si](C)(C)C(C)(C)C)C(C=[N+](C)O)O2)c(=O)[nH]c1=O. The number of aromatic nitrogens is 2. The third kappa shape index (κ3) is 4.33. The third-order valence-corrected chi connectivity index (χ3v) is 9.69. The van der Waals surface area contributed by atoms with Crippen LogP contribution in [0, 0.1) is 6.92 Å². The zero-order chi connectivity index (χ0) is 19.9. The minimum Gasteiger partial charge on any atom is -0.411 e. The van der Waals surface area contributed by atoms with Gasteiger partial charge < -0.3 is 9.16 Å². The minimum absolute atomic E-state index is 0.0200. The fourth-order valence-electron chi connectivity index (χ4n) is 2.65. The van der Waals surface area contributed by atoms with E-state index in [9.17, 15) is 14.8 Å². The summed E-state index contributed by atoms with van der Waals surface area (Å²) in [5, 5.41) is 9.64. The van der Waals surface area contributed by atoms with E-state index in [0.29, 0.717) is 12.0 Å². The van der Waals surface area contributed by atoms with Crippen LogP contribution in [0.5, 0.6) is 0 Å². The van der Waals surface area contributed by atoms with E-state index in [-0.39, 0.29) is 11.1 Å². The van der Waals surface area contributed by atoms with E-state index in [1.54, 1.807) is 6.92 Å². The Balaban J connectivity index is 2.35. The normalized spacial score (nSPS) is 24.9. The van der Waals surface area contributed by atoms with Crippen LogP contribution >= 0.6 is 0 Å². The summed E-state index contributed by atoms with van der Waals surface area (Å²) in [6.45, 7) is 12.4. The zero-order valence-corrected chi connectivity index (χ0v) is 17.6. The van der Waals surface area contributed by atoms with E-state index in [4.69, 9.17) is 9.16 Å². The Labute approximate surface area is 154 Å². The maximum atomic E-state index is 12.2. The van der Waals surface area contributed by atoms with Gasteiger partial charge >= 0.3 is 5.69 Å². The molecule has 2 N–H and O–H groups in total. The standard InChI is InChI=1S/C17H29N3O5Si/c1-11-9-20(16(22)18-15(11)21)14-8-12(13(24-14)10-19(5)23)25-26(6,7)17(2,3)4/h9-10,12-14H,8H2,1-7H3,(H-,18,21,22,23)/p+1. The lowest BCUT2D eigenvalue weighted by Crippen LogP contribution is -2.46. The van der Waals surface area contributed by atoms with E-state index >= 15 is 0 Å². The van der Waals surface area contributed by atoms with Crippen molar-refractivity contribution in [2.45, 2.75) is 70.7 Å². The van der Waals surface area contributed by atoms with Gasteiger partial charge in [-0.25, -0.2) is 4.79 Å². The van der Waals surface area contributed by atoms with Crippen molar-refractivity contribution < 1.29 is 19.1 Å². The van der Waals surface area contributed by atoms with Gasteiger partial charge in [0.15, 0.2) is 21.5 Å². The van der Waals surface area contributed by atoms with E-state index in [1.807, 2.05) is 0 Å². The molecule has 0 radical (unpaired) electrons. The van der Waals surface area contributed by atoms with Crippen molar-refractivity contribution in [2.75, 3.05) is 7.05 Å². The Morgan fingerprint density at radius 2 is 2.04 bits per heavy atom. The van der Waals surface area contributed by atoms with Crippen molar-refractivity contribution in [2.24, 2.45) is 0 Å². The number of ether oxygens (including phenoxy) is 1. The number of nitrogens with zero attached hydrogens (tertiary/aromatic N) is 2. The van der Waals surface area contributed by atoms with Gasteiger partial charge in [-0.3, -0.25) is 19.6 Å². The molecule has 0 spiro atoms. The first-order valence-electron chi connectivity index (χ1n) is 8.74. The highest BCUT2D eigenvalue weighted by atomic mass is 28.4. The molecule has 1 saturated heterocycles. The second-order valence-corrected chi connectivity index (χ2v) is 13.2. The fraction of sp³-hybridized carbons (Fsp3) is 0.706. The summed E-state index contributed by atoms with van der Waals surface area (Å²) in [5.41, 5.74) is -0.493. The largest absolute Gasteiger partial charge is 0.411 e. The molecule has 0 amide bonds. The maximum absolute atomic E-state index is 12.2. The number of rotatable bonds is 4. The van der Waals surface area contributed by atoms with Crippen molar-refractivity contribution >= 4 is 14.5 Å². The van der Waals surface area contributed by atoms with Gasteiger partial charge in [-0.15, -0.1) is 0 Å². The van der Waals surface area contributed by atoms with Crippen LogP contribution in [0.15, 0.2) is 15.8 Å². The minimum atomic E-state index is -2.07. The first-order valence-corrected chi connectivity index (χ1v) is 11.6. The first-order chi connectivity index (χ1) is 11.8. The molecule has 0 saturated carbocycles. The van der Waals surface area contributed by atoms with Gasteiger partial charge in [-0.2, -0.15) is 0 Å². The van der Waals surface area contributed by atoms with Crippen LogP contribution in [0.4, 0.5) is 0 Å². The lowest BCUT2D eigenvalue weighted by Gasteiger charge is -2.38. The molecule has 3 atom stereocenters. The average Bonchev–Trinajstić information content (AvgIpc) is 2.82. The summed E-state index contributed by atoms with van der Waals surface area (Å²) < 4.78 is 14.8. The van der Waals surface area contributed by atoms with Gasteiger partial charge in [-0.05, 0) is 29.8 Å². The molecule has 9 heteroatoms. The maximum Gasteiger partial charge on any atom is 0.330 e. The van der Waals surface area contributed by atoms with Crippen molar-refractivity contribution in [3.8, 4) is 0 Å². The number of nitrogens with one attached hydrogen (secondary N) is 1. The predicted octanol–water partition coefficient (Wildman–Crippen LogP) is 1.63. The van der Waals surface area contributed by atoms with Crippen molar-refractivity contribution in [3.63, 3.8) is 0 Å². The van der Waals surface area contributed by atoms with Crippen LogP contribution in [0.2, 0.25) is 18.1 Å². The molecule has 2 heterocycles. The molecular weight excluding hydrogens is 354 g/mol. The number of hydrogen-bond acceptors (Lipinski definition) is 5. The van der Waals surface area contributed by atoms with Crippen molar-refractivity contribution in [1.29, 1.82) is 0 Å². The van der Waals surface area contributed by atoms with Crippen LogP contribution in [0.25, 0.3) is 0 Å². The first kappa shape index (κ1) is 20.6. The lowest BCUT2D eigenvalue weighted by molar-refractivity contribution is -0.752. The van der Waals surface area contributed by atoms with Gasteiger partial charge in [0.2, 0.25) is 6.21 Å². The fourth-order valence-corrected chi connectivity index (χ4v) is 3.99. The number of aryl methyl sites for hydroxylation is 1. The molecule has 2 rings (SSSR count). The van der Waals surface area contributed by atoms with Gasteiger partial charge in [-0.1, -0.05) is 20.8 Å². The molecule has 0 aromatic carbocycles. The highest BCUT2D eigenvalue weighted by molar-refractivity contribution is 6.74. The molecule has 26 heavy (non-hydrogen) atoms. The highest BCUT2D eigenvalue weighted by Gasteiger charge is 2.46. The molecule has 0 aliphatic carbocycles. The van der Waals surface area contributed by atoms with Crippen LogP contribution in [0.3, 0.4) is 0 Å². The summed E-state index contributed by atoms with van der Waals surface area (Å²) in [6.07, 6.45) is 2.11. The van der Waals surface area contributed by atoms with Gasteiger partial charge in [0, 0.05) is 18.2 Å². The molecule has 3 unspecified atom stereocenters. The van der Waals surface area contributed by atoms with Gasteiger partial charge in [0.05, 0.1) is 6.10 Å². The van der Waals surface area contributed by atoms with Crippen molar-refractivity contribution in [1.82, 2.24) is 9.55 Å². The zero-order valence-electron chi connectivity index (χ0n) is 16.6. The van der Waals surface area contributed by atoms with Crippen LogP contribution in [-0.4, -0.2) is 53.3 Å². The van der Waals surface area contributed by atoms with Crippen LogP contribution in [0.1, 0.15) is 39.0 Å². The second kappa shape index (κ2) is 7.13. The van der Waals surface area contributed by atoms with Crippen LogP contribution in [-0.2, 0) is 9.16 Å². The number of hydrogen-bond donors (Lipinski definition) is 2. The second-order valence-electron chi connectivity index (χ2n) is 8.41. The monoisotopic (exact) mass is 384 g/mol. The Hall–Kier alpha value is -1.71. The molecule has 8 nitrogen and oxygen atoms in total. The number of aromatic amines is 1. The molecule has 1 aromatic heterocycles. The quantitative estimate of drug-likeness (QED) is 0.270. The summed E-state index contributed by atoms with van der Waals surface area (Å²) in [4.78, 5) is 26.1. The van der Waals surface area contributed by atoms with Gasteiger partial charge in [0.25, 0.3) is 5.56 Å². The van der Waals surface area contributed by atoms with E-state index < -0.39 is 31.9 Å². The smallest absolute Gasteiger partial charge is 0.330 e. The Morgan fingerprint density at radius 1 is 1.42 bits per heavy atom. The van der Waals surface area contributed by atoms with Crippen molar-refractivity contribution in [3.05, 3.63) is 32.6 Å². The van der Waals surface area contributed by atoms with Gasteiger partial charge in [0.1, 0.15) is 6.23 Å². The predicted molar refractivity (Wildman–Crippen MR) is 101 cm³/mol. The Morgan fingerprint density at radius 3 is 2.58 bits per heavy atom. The molecule has 1 aliphatic rings. The molecule has 1 aromatic rings. The topological polar surface area (TPSA) is 96.6 Å². The Kier molecular flexibility index (Phi) is 5.65. The molecule has 0 bridgehead atoms. The number of hydroxylamine groups is 1. The molecule has 1 fully saturated rings. The average molecular weight is 385 g/mol. The summed E-state index contributed by atoms with van der Waals surface area (Å²) in [6, 6.07) is 0.